The van der Waals surface area contributed by atoms with E-state index in [1.807, 2.05) is 0 Å². The van der Waals surface area contributed by atoms with E-state index >= 15 is 0 Å². The Bertz CT molecular complexity index is 835. The highest BCUT2D eigenvalue weighted by molar-refractivity contribution is 6.07. The molecule has 0 aliphatic rings. The zero-order valence-corrected chi connectivity index (χ0v) is 10.4. The van der Waals surface area contributed by atoms with Crippen molar-refractivity contribution in [2.24, 2.45) is 0 Å². The molecule has 7 nitrogen and oxygen atoms in total. The Labute approximate surface area is 116 Å². The minimum absolute atomic E-state index is 0.0619. The van der Waals surface area contributed by atoms with Crippen LogP contribution in [0.3, 0.4) is 0 Å². The molecule has 106 valence electrons. The van der Waals surface area contributed by atoms with Crippen molar-refractivity contribution in [3.63, 3.8) is 0 Å². The monoisotopic (exact) mass is 289 g/mol. The fraction of sp³-hybridized carbons (Fsp3) is 0. The van der Waals surface area contributed by atoms with E-state index in [1.54, 1.807) is 0 Å². The normalized spacial score (nSPS) is 10.7. The molecule has 0 unspecified atom stereocenters. The van der Waals surface area contributed by atoms with Crippen molar-refractivity contribution < 1.29 is 23.5 Å². The number of benzene rings is 1. The number of anilines is 1. The molecule has 1 aromatic carbocycles. The maximum atomic E-state index is 12.8. The Morgan fingerprint density at radius 2 is 2.00 bits per heavy atom. The van der Waals surface area contributed by atoms with Gasteiger partial charge in [0.25, 0.3) is 5.91 Å². The van der Waals surface area contributed by atoms with Crippen LogP contribution in [-0.2, 0) is 0 Å². The second-order valence-electron chi connectivity index (χ2n) is 4.19. The van der Waals surface area contributed by atoms with Crippen molar-refractivity contribution in [2.45, 2.75) is 0 Å². The number of carbonyl (C=O) groups is 2. The van der Waals surface area contributed by atoms with E-state index in [2.05, 4.69) is 15.5 Å². The number of fused-ring (bicyclic) bond motifs is 1. The van der Waals surface area contributed by atoms with Crippen LogP contribution in [0.15, 0.2) is 34.7 Å². The molecule has 3 aromatic rings. The first-order chi connectivity index (χ1) is 10.0. The Balaban J connectivity index is 1.89. The van der Waals surface area contributed by atoms with Gasteiger partial charge in [-0.15, -0.1) is 0 Å². The average Bonchev–Trinajstić information content (AvgIpc) is 3.01. The van der Waals surface area contributed by atoms with Crippen molar-refractivity contribution in [1.82, 2.24) is 10.2 Å². The van der Waals surface area contributed by atoms with E-state index in [0.717, 1.165) is 12.1 Å². The Hall–Kier alpha value is -3.16. The topological polar surface area (TPSA) is 108 Å². The molecule has 0 fully saturated rings. The number of carboxylic acids is 1. The van der Waals surface area contributed by atoms with Crippen molar-refractivity contribution in [2.75, 3.05) is 5.32 Å². The van der Waals surface area contributed by atoms with E-state index in [9.17, 15) is 14.0 Å². The highest BCUT2D eigenvalue weighted by Gasteiger charge is 2.18. The molecule has 0 saturated carbocycles. The summed E-state index contributed by atoms with van der Waals surface area (Å²) in [5.41, 5.74) is 0.710. The third-order valence-electron chi connectivity index (χ3n) is 2.78. The number of hydrogen-bond donors (Lipinski definition) is 3. The summed E-state index contributed by atoms with van der Waals surface area (Å²) >= 11 is 0. The molecule has 0 bridgehead atoms. The fourth-order valence-electron chi connectivity index (χ4n) is 1.79. The number of rotatable bonds is 3. The van der Waals surface area contributed by atoms with E-state index < -0.39 is 17.7 Å². The van der Waals surface area contributed by atoms with Crippen LogP contribution >= 0.6 is 0 Å². The lowest BCUT2D eigenvalue weighted by molar-refractivity contribution is 0.0665. The molecule has 0 aliphatic carbocycles. The van der Waals surface area contributed by atoms with Crippen LogP contribution in [-0.4, -0.2) is 27.2 Å². The second kappa shape index (κ2) is 4.75. The molecule has 1 amide bonds. The molecule has 0 saturated heterocycles. The first-order valence-electron chi connectivity index (χ1n) is 5.83. The number of aromatic carboxylic acids is 1. The van der Waals surface area contributed by atoms with E-state index in [1.165, 1.54) is 18.2 Å². The lowest BCUT2D eigenvalue weighted by Crippen LogP contribution is -2.12. The molecule has 2 aromatic heterocycles. The molecule has 0 atom stereocenters. The van der Waals surface area contributed by atoms with Gasteiger partial charge in [0.1, 0.15) is 11.3 Å². The van der Waals surface area contributed by atoms with Crippen LogP contribution in [0.4, 0.5) is 10.2 Å². The molecular weight excluding hydrogens is 281 g/mol. The number of carbonyl (C=O) groups excluding carboxylic acids is 1. The Morgan fingerprint density at radius 3 is 2.67 bits per heavy atom. The third kappa shape index (κ3) is 2.34. The van der Waals surface area contributed by atoms with Gasteiger partial charge in [0.15, 0.2) is 11.4 Å². The molecule has 21 heavy (non-hydrogen) atoms. The molecule has 3 N–H and O–H groups in total. The third-order valence-corrected chi connectivity index (χ3v) is 2.78. The number of amides is 1. The summed E-state index contributed by atoms with van der Waals surface area (Å²) in [6, 6.07) is 6.21. The average molecular weight is 289 g/mol. The van der Waals surface area contributed by atoms with Crippen LogP contribution in [0.25, 0.3) is 11.1 Å². The predicted molar refractivity (Wildman–Crippen MR) is 69.7 cm³/mol. The number of nitrogens with one attached hydrogen (secondary N) is 2. The summed E-state index contributed by atoms with van der Waals surface area (Å²) < 4.78 is 17.9. The standard InChI is InChI=1S/C13H8FN3O4/c14-7-3-1-6(2-4-7)12(18)15-11-10-8(16-17-11)5-9(21-10)13(19)20/h1-5H,(H,19,20)(H2,15,16,17,18). The largest absolute Gasteiger partial charge is 0.475 e. The molecule has 0 aliphatic heterocycles. The zero-order chi connectivity index (χ0) is 15.0. The summed E-state index contributed by atoms with van der Waals surface area (Å²) in [6.45, 7) is 0. The Kier molecular flexibility index (Phi) is 2.90. The predicted octanol–water partition coefficient (Wildman–Crippen LogP) is 2.25. The van der Waals surface area contributed by atoms with Gasteiger partial charge in [0.05, 0.1) is 0 Å². The lowest BCUT2D eigenvalue weighted by atomic mass is 10.2. The SMILES string of the molecule is O=C(Nc1n[nH]c2cc(C(=O)O)oc12)c1ccc(F)cc1. The number of furan rings is 1. The van der Waals surface area contributed by atoms with E-state index in [0.29, 0.717) is 5.52 Å². The number of aromatic nitrogens is 2. The zero-order valence-electron chi connectivity index (χ0n) is 10.4. The van der Waals surface area contributed by atoms with Crippen LogP contribution in [0, 0.1) is 5.82 Å². The maximum Gasteiger partial charge on any atom is 0.371 e. The van der Waals surface area contributed by atoms with Crippen molar-refractivity contribution in [3.05, 3.63) is 47.5 Å². The summed E-state index contributed by atoms with van der Waals surface area (Å²) in [5, 5.41) is 17.7. The van der Waals surface area contributed by atoms with Crippen LogP contribution in [0.2, 0.25) is 0 Å². The van der Waals surface area contributed by atoms with Gasteiger partial charge in [-0.3, -0.25) is 9.89 Å². The van der Waals surface area contributed by atoms with Crippen molar-refractivity contribution >= 4 is 28.8 Å². The minimum Gasteiger partial charge on any atom is -0.475 e. The van der Waals surface area contributed by atoms with Crippen molar-refractivity contribution in [3.8, 4) is 0 Å². The number of carboxylic acid groups (broad SMARTS) is 1. The Morgan fingerprint density at radius 1 is 1.29 bits per heavy atom. The van der Waals surface area contributed by atoms with Gasteiger partial charge in [0, 0.05) is 11.6 Å². The number of H-pyrrole nitrogens is 1. The van der Waals surface area contributed by atoms with Crippen molar-refractivity contribution in [1.29, 1.82) is 0 Å². The number of hydrogen-bond acceptors (Lipinski definition) is 4. The number of nitrogens with zero attached hydrogens (tertiary/aromatic N) is 1. The minimum atomic E-state index is -1.23. The van der Waals surface area contributed by atoms with Gasteiger partial charge in [-0.25, -0.2) is 9.18 Å². The first-order valence-corrected chi connectivity index (χ1v) is 5.83. The second-order valence-corrected chi connectivity index (χ2v) is 4.19. The quantitative estimate of drug-likeness (QED) is 0.685. The highest BCUT2D eigenvalue weighted by Crippen LogP contribution is 2.24. The summed E-state index contributed by atoms with van der Waals surface area (Å²) in [7, 11) is 0. The van der Waals surface area contributed by atoms with Gasteiger partial charge < -0.3 is 14.8 Å². The molecule has 8 heteroatoms. The molecule has 0 radical (unpaired) electrons. The van der Waals surface area contributed by atoms with Crippen LogP contribution < -0.4 is 5.32 Å². The fourth-order valence-corrected chi connectivity index (χ4v) is 1.79. The van der Waals surface area contributed by atoms with Gasteiger partial charge in [-0.2, -0.15) is 5.10 Å². The summed E-state index contributed by atoms with van der Waals surface area (Å²) in [5.74, 6) is -2.40. The van der Waals surface area contributed by atoms with E-state index in [4.69, 9.17) is 9.52 Å². The van der Waals surface area contributed by atoms with Gasteiger partial charge in [-0.1, -0.05) is 0 Å². The molecular formula is C13H8FN3O4. The first kappa shape index (κ1) is 12.9. The van der Waals surface area contributed by atoms with Crippen LogP contribution in [0.5, 0.6) is 0 Å². The van der Waals surface area contributed by atoms with Gasteiger partial charge in [-0.05, 0) is 24.3 Å². The van der Waals surface area contributed by atoms with E-state index in [-0.39, 0.29) is 22.7 Å². The molecule has 3 rings (SSSR count). The van der Waals surface area contributed by atoms with Crippen LogP contribution in [0.1, 0.15) is 20.9 Å². The smallest absolute Gasteiger partial charge is 0.371 e. The van der Waals surface area contributed by atoms with Gasteiger partial charge in [0.2, 0.25) is 5.76 Å². The lowest BCUT2D eigenvalue weighted by Gasteiger charge is -2.01. The summed E-state index contributed by atoms with van der Waals surface area (Å²) in [4.78, 5) is 22.8. The maximum absolute atomic E-state index is 12.8. The number of aromatic amines is 1. The summed E-state index contributed by atoms with van der Waals surface area (Å²) in [6.07, 6.45) is 0. The highest BCUT2D eigenvalue weighted by atomic mass is 19.1. The number of halogens is 1. The van der Waals surface area contributed by atoms with Gasteiger partial charge >= 0.3 is 5.97 Å². The molecule has 0 spiro atoms. The molecule has 2 heterocycles.